The molecule has 2 nitrogen and oxygen atoms in total. The van der Waals surface area contributed by atoms with Crippen molar-refractivity contribution in [1.29, 1.82) is 0 Å². The van der Waals surface area contributed by atoms with Gasteiger partial charge in [-0.3, -0.25) is 4.79 Å². The highest BCUT2D eigenvalue weighted by atomic mass is 16.4. The van der Waals surface area contributed by atoms with Crippen LogP contribution in [-0.4, -0.2) is 11.1 Å². The number of carboxylic acid groups (broad SMARTS) is 1. The van der Waals surface area contributed by atoms with Crippen LogP contribution in [-0.2, 0) is 4.79 Å². The number of carbonyl (C=O) groups is 1. The van der Waals surface area contributed by atoms with Crippen LogP contribution in [0.25, 0.3) is 0 Å². The summed E-state index contributed by atoms with van der Waals surface area (Å²) >= 11 is 0. The molecule has 0 aromatic rings. The summed E-state index contributed by atoms with van der Waals surface area (Å²) in [6.07, 6.45) is 5.59. The lowest BCUT2D eigenvalue weighted by Gasteiger charge is -2.32. The van der Waals surface area contributed by atoms with Crippen LogP contribution in [0.5, 0.6) is 0 Å². The predicted octanol–water partition coefficient (Wildman–Crippen LogP) is 2.06. The molecule has 1 aliphatic rings. The molecular formula is C9H14O2. The molecule has 0 bridgehead atoms. The minimum absolute atomic E-state index is 0.255. The highest BCUT2D eigenvalue weighted by molar-refractivity contribution is 5.75. The molecule has 0 saturated carbocycles. The molecule has 0 saturated heterocycles. The van der Waals surface area contributed by atoms with Gasteiger partial charge in [-0.15, -0.1) is 0 Å². The molecule has 0 aromatic heterocycles. The summed E-state index contributed by atoms with van der Waals surface area (Å²) in [6, 6.07) is 0. The van der Waals surface area contributed by atoms with Crippen molar-refractivity contribution in [2.45, 2.75) is 26.7 Å². The lowest BCUT2D eigenvalue weighted by atomic mass is 9.71. The molecular weight excluding hydrogens is 140 g/mol. The lowest BCUT2D eigenvalue weighted by Crippen LogP contribution is -2.35. The van der Waals surface area contributed by atoms with Gasteiger partial charge in [-0.2, -0.15) is 0 Å². The Morgan fingerprint density at radius 1 is 1.64 bits per heavy atom. The number of aliphatic carboxylic acids is 1. The molecule has 0 unspecified atom stereocenters. The average Bonchev–Trinajstić information content (AvgIpc) is 1.95. The first-order valence-corrected chi connectivity index (χ1v) is 3.96. The zero-order chi connectivity index (χ0) is 8.48. The summed E-state index contributed by atoms with van der Waals surface area (Å²) in [5.41, 5.74) is -0.533. The molecule has 11 heavy (non-hydrogen) atoms. The van der Waals surface area contributed by atoms with E-state index in [9.17, 15) is 4.79 Å². The summed E-state index contributed by atoms with van der Waals surface area (Å²) in [6.45, 7) is 3.82. The Morgan fingerprint density at radius 2 is 2.27 bits per heavy atom. The van der Waals surface area contributed by atoms with Crippen molar-refractivity contribution in [3.05, 3.63) is 12.2 Å². The predicted molar refractivity (Wildman–Crippen MR) is 43.3 cm³/mol. The van der Waals surface area contributed by atoms with Gasteiger partial charge < -0.3 is 5.11 Å². The second-order valence-corrected chi connectivity index (χ2v) is 3.53. The number of hydrogen-bond donors (Lipinski definition) is 1. The summed E-state index contributed by atoms with van der Waals surface area (Å²) in [5.74, 6) is -0.417. The van der Waals surface area contributed by atoms with Gasteiger partial charge in [-0.1, -0.05) is 19.1 Å². The smallest absolute Gasteiger partial charge is 0.309 e. The van der Waals surface area contributed by atoms with E-state index < -0.39 is 11.4 Å². The van der Waals surface area contributed by atoms with Crippen LogP contribution in [0.15, 0.2) is 12.2 Å². The van der Waals surface area contributed by atoms with Gasteiger partial charge in [-0.25, -0.2) is 0 Å². The van der Waals surface area contributed by atoms with Crippen molar-refractivity contribution in [3.8, 4) is 0 Å². The van der Waals surface area contributed by atoms with Gasteiger partial charge in [0.15, 0.2) is 0 Å². The third-order valence-electron chi connectivity index (χ3n) is 2.77. The maximum Gasteiger partial charge on any atom is 0.309 e. The first kappa shape index (κ1) is 8.31. The van der Waals surface area contributed by atoms with Crippen LogP contribution in [0.2, 0.25) is 0 Å². The van der Waals surface area contributed by atoms with E-state index in [1.807, 2.05) is 19.9 Å². The van der Waals surface area contributed by atoms with Crippen molar-refractivity contribution in [2.24, 2.45) is 11.3 Å². The Morgan fingerprint density at radius 3 is 2.64 bits per heavy atom. The molecule has 0 radical (unpaired) electrons. The van der Waals surface area contributed by atoms with Gasteiger partial charge in [0.1, 0.15) is 0 Å². The monoisotopic (exact) mass is 154 g/mol. The van der Waals surface area contributed by atoms with Crippen molar-refractivity contribution in [2.75, 3.05) is 0 Å². The Labute approximate surface area is 66.9 Å². The first-order valence-electron chi connectivity index (χ1n) is 3.96. The number of allylic oxidation sites excluding steroid dienone is 2. The molecule has 0 fully saturated rings. The number of carboxylic acids is 1. The van der Waals surface area contributed by atoms with Crippen LogP contribution >= 0.6 is 0 Å². The van der Waals surface area contributed by atoms with Crippen LogP contribution in [0.4, 0.5) is 0 Å². The Kier molecular flexibility index (Phi) is 2.03. The fourth-order valence-electron chi connectivity index (χ4n) is 1.39. The van der Waals surface area contributed by atoms with E-state index >= 15 is 0 Å². The number of hydrogen-bond acceptors (Lipinski definition) is 1. The summed E-state index contributed by atoms with van der Waals surface area (Å²) in [4.78, 5) is 10.9. The molecule has 0 aliphatic heterocycles. The van der Waals surface area contributed by atoms with Gasteiger partial charge in [-0.05, 0) is 25.7 Å². The van der Waals surface area contributed by atoms with Crippen LogP contribution in [0, 0.1) is 11.3 Å². The van der Waals surface area contributed by atoms with Crippen LogP contribution in [0.1, 0.15) is 26.7 Å². The third-order valence-corrected chi connectivity index (χ3v) is 2.77. The van der Waals surface area contributed by atoms with E-state index in [2.05, 4.69) is 6.08 Å². The number of rotatable bonds is 1. The van der Waals surface area contributed by atoms with Gasteiger partial charge >= 0.3 is 5.97 Å². The van der Waals surface area contributed by atoms with Gasteiger partial charge in [0, 0.05) is 0 Å². The van der Waals surface area contributed by atoms with Crippen molar-refractivity contribution in [1.82, 2.24) is 0 Å². The molecule has 0 aromatic carbocycles. The molecule has 2 heteroatoms. The first-order chi connectivity index (χ1) is 5.07. The van der Waals surface area contributed by atoms with E-state index in [0.717, 1.165) is 6.42 Å². The Balaban J connectivity index is 2.84. The Bertz CT molecular complexity index is 196. The molecule has 1 N–H and O–H groups in total. The zero-order valence-corrected chi connectivity index (χ0v) is 7.00. The highest BCUT2D eigenvalue weighted by Gasteiger charge is 2.38. The summed E-state index contributed by atoms with van der Waals surface area (Å²) < 4.78 is 0. The lowest BCUT2D eigenvalue weighted by molar-refractivity contribution is -0.151. The molecule has 2 atom stereocenters. The van der Waals surface area contributed by atoms with Gasteiger partial charge in [0.05, 0.1) is 5.41 Å². The molecule has 0 amide bonds. The van der Waals surface area contributed by atoms with E-state index in [1.54, 1.807) is 0 Å². The van der Waals surface area contributed by atoms with Gasteiger partial charge in [0.25, 0.3) is 0 Å². The molecule has 1 rings (SSSR count). The molecule has 0 heterocycles. The molecule has 0 spiro atoms. The van der Waals surface area contributed by atoms with E-state index in [-0.39, 0.29) is 5.92 Å². The van der Waals surface area contributed by atoms with Gasteiger partial charge in [0.2, 0.25) is 0 Å². The van der Waals surface area contributed by atoms with E-state index in [1.165, 1.54) is 0 Å². The maximum atomic E-state index is 10.9. The second kappa shape index (κ2) is 2.68. The Hall–Kier alpha value is -0.790. The minimum atomic E-state index is -0.672. The minimum Gasteiger partial charge on any atom is -0.481 e. The summed E-state index contributed by atoms with van der Waals surface area (Å²) in [7, 11) is 0. The molecule has 62 valence electrons. The van der Waals surface area contributed by atoms with Crippen molar-refractivity contribution < 1.29 is 9.90 Å². The summed E-state index contributed by atoms with van der Waals surface area (Å²) in [5, 5.41) is 8.93. The molecule has 1 aliphatic carbocycles. The third kappa shape index (κ3) is 1.30. The zero-order valence-electron chi connectivity index (χ0n) is 7.00. The fourth-order valence-corrected chi connectivity index (χ4v) is 1.39. The van der Waals surface area contributed by atoms with Crippen LogP contribution in [0.3, 0.4) is 0 Å². The van der Waals surface area contributed by atoms with Crippen LogP contribution < -0.4 is 0 Å². The average molecular weight is 154 g/mol. The SMILES string of the molecule is C[C@@H]1CC=CC[C@@]1(C)C(=O)O. The quantitative estimate of drug-likeness (QED) is 0.587. The fraction of sp³-hybridized carbons (Fsp3) is 0.667. The topological polar surface area (TPSA) is 37.3 Å². The van der Waals surface area contributed by atoms with E-state index in [4.69, 9.17) is 5.11 Å². The van der Waals surface area contributed by atoms with Crippen molar-refractivity contribution >= 4 is 5.97 Å². The normalized spacial score (nSPS) is 37.1. The standard InChI is InChI=1S/C9H14O2/c1-7-5-3-4-6-9(7,2)8(10)11/h3-4,7H,5-6H2,1-2H3,(H,10,11)/t7-,9-/m1/s1. The van der Waals surface area contributed by atoms with Crippen molar-refractivity contribution in [3.63, 3.8) is 0 Å². The highest BCUT2D eigenvalue weighted by Crippen LogP contribution is 2.37. The largest absolute Gasteiger partial charge is 0.481 e. The maximum absolute atomic E-state index is 10.9. The second-order valence-electron chi connectivity index (χ2n) is 3.53. The van der Waals surface area contributed by atoms with E-state index in [0.29, 0.717) is 6.42 Å².